The number of ether oxygens (including phenoxy) is 3. The molecule has 0 bridgehead atoms. The summed E-state index contributed by atoms with van der Waals surface area (Å²) < 4.78 is 18.5. The predicted octanol–water partition coefficient (Wildman–Crippen LogP) is 5.50. The van der Waals surface area contributed by atoms with E-state index < -0.39 is 0 Å². The zero-order chi connectivity index (χ0) is 18.8. The maximum Gasteiger partial charge on any atom is 0.184 e. The van der Waals surface area contributed by atoms with Crippen LogP contribution in [0, 0.1) is 38.5 Å². The van der Waals surface area contributed by atoms with E-state index in [2.05, 4.69) is 53.7 Å². The summed E-state index contributed by atoms with van der Waals surface area (Å²) in [6, 6.07) is 4.30. The van der Waals surface area contributed by atoms with Gasteiger partial charge in [0, 0.05) is 5.56 Å². The molecule has 1 aromatic carbocycles. The molecule has 0 N–H and O–H groups in total. The van der Waals surface area contributed by atoms with E-state index in [1.54, 1.807) is 0 Å². The highest BCUT2D eigenvalue weighted by atomic mass is 16.7. The Hall–Kier alpha value is -0.900. The van der Waals surface area contributed by atoms with Crippen LogP contribution in [0.5, 0.6) is 0 Å². The standard InChI is InChI=1S/C23H36O3/c1-14(2)20-9-7-15(3)11-22(20)24-12-19-13-25-23(26-19)21-10-8-16(4)17(5)18(21)6/h8,10,14-15,19-20,22-23H,7,9,11-13H2,1-6H3/t15-,19?,20?,22-,23?/m1/s1. The SMILES string of the molecule is Cc1ccc(C2OCC(CO[C@@H]3C[C@H](C)CCC3C(C)C)O2)c(C)c1C. The van der Waals surface area contributed by atoms with E-state index in [4.69, 9.17) is 14.2 Å². The maximum atomic E-state index is 6.36. The molecule has 2 fully saturated rings. The molecule has 2 aliphatic rings. The van der Waals surface area contributed by atoms with Crippen LogP contribution in [-0.4, -0.2) is 25.4 Å². The zero-order valence-electron chi connectivity index (χ0n) is 17.4. The van der Waals surface area contributed by atoms with Crippen molar-refractivity contribution in [3.8, 4) is 0 Å². The second-order valence-corrected chi connectivity index (χ2v) is 8.84. The number of aryl methyl sites for hydroxylation is 1. The molecule has 26 heavy (non-hydrogen) atoms. The van der Waals surface area contributed by atoms with Crippen LogP contribution in [0.1, 0.15) is 68.6 Å². The Balaban J connectivity index is 1.57. The average molecular weight is 361 g/mol. The van der Waals surface area contributed by atoms with Gasteiger partial charge in [-0.1, -0.05) is 39.3 Å². The number of benzene rings is 1. The molecule has 1 saturated carbocycles. The van der Waals surface area contributed by atoms with Gasteiger partial charge in [-0.15, -0.1) is 0 Å². The van der Waals surface area contributed by atoms with Gasteiger partial charge in [-0.3, -0.25) is 0 Å². The molecular formula is C23H36O3. The summed E-state index contributed by atoms with van der Waals surface area (Å²) in [5, 5.41) is 0. The van der Waals surface area contributed by atoms with E-state index in [1.165, 1.54) is 36.0 Å². The van der Waals surface area contributed by atoms with Crippen molar-refractivity contribution in [2.45, 2.75) is 79.3 Å². The normalized spacial score (nSPS) is 32.3. The van der Waals surface area contributed by atoms with Crippen LogP contribution in [0.25, 0.3) is 0 Å². The lowest BCUT2D eigenvalue weighted by Crippen LogP contribution is -2.36. The van der Waals surface area contributed by atoms with Crippen LogP contribution in [0.4, 0.5) is 0 Å². The van der Waals surface area contributed by atoms with Gasteiger partial charge >= 0.3 is 0 Å². The summed E-state index contributed by atoms with van der Waals surface area (Å²) in [7, 11) is 0. The molecule has 3 nitrogen and oxygen atoms in total. The maximum absolute atomic E-state index is 6.36. The molecule has 146 valence electrons. The van der Waals surface area contributed by atoms with Crippen LogP contribution in [0.3, 0.4) is 0 Å². The van der Waals surface area contributed by atoms with Crippen LogP contribution in [-0.2, 0) is 14.2 Å². The molecule has 0 radical (unpaired) electrons. The first-order valence-electron chi connectivity index (χ1n) is 10.3. The molecule has 3 rings (SSSR count). The van der Waals surface area contributed by atoms with Crippen molar-refractivity contribution >= 4 is 0 Å². The lowest BCUT2D eigenvalue weighted by atomic mass is 9.75. The van der Waals surface area contributed by atoms with Gasteiger partial charge < -0.3 is 14.2 Å². The fourth-order valence-electron chi connectivity index (χ4n) is 4.47. The quantitative estimate of drug-likeness (QED) is 0.693. The molecule has 3 heteroatoms. The third-order valence-electron chi connectivity index (χ3n) is 6.56. The minimum absolute atomic E-state index is 0.0334. The van der Waals surface area contributed by atoms with Gasteiger partial charge in [0.15, 0.2) is 6.29 Å². The van der Waals surface area contributed by atoms with Crippen molar-refractivity contribution in [2.75, 3.05) is 13.2 Å². The van der Waals surface area contributed by atoms with E-state index in [9.17, 15) is 0 Å². The van der Waals surface area contributed by atoms with Gasteiger partial charge in [-0.05, 0) is 68.1 Å². The van der Waals surface area contributed by atoms with E-state index in [1.807, 2.05) is 0 Å². The van der Waals surface area contributed by atoms with E-state index in [0.717, 1.165) is 11.5 Å². The van der Waals surface area contributed by atoms with Crippen molar-refractivity contribution in [3.63, 3.8) is 0 Å². The summed E-state index contributed by atoms with van der Waals surface area (Å²) in [4.78, 5) is 0. The Morgan fingerprint density at radius 2 is 1.88 bits per heavy atom. The van der Waals surface area contributed by atoms with Crippen LogP contribution < -0.4 is 0 Å². The fraction of sp³-hybridized carbons (Fsp3) is 0.739. The summed E-state index contributed by atoms with van der Waals surface area (Å²) in [6.45, 7) is 14.7. The lowest BCUT2D eigenvalue weighted by Gasteiger charge is -2.37. The van der Waals surface area contributed by atoms with Crippen LogP contribution >= 0.6 is 0 Å². The Kier molecular flexibility index (Phi) is 6.42. The van der Waals surface area contributed by atoms with Crippen molar-refractivity contribution in [3.05, 3.63) is 34.4 Å². The van der Waals surface area contributed by atoms with Crippen LogP contribution in [0.15, 0.2) is 12.1 Å². The molecule has 5 atom stereocenters. The van der Waals surface area contributed by atoms with E-state index in [0.29, 0.717) is 31.2 Å². The first-order chi connectivity index (χ1) is 12.4. The summed E-state index contributed by atoms with van der Waals surface area (Å²) in [5.74, 6) is 2.12. The number of hydrogen-bond donors (Lipinski definition) is 0. The molecule has 1 heterocycles. The third kappa shape index (κ3) is 4.32. The highest BCUT2D eigenvalue weighted by molar-refractivity contribution is 5.39. The highest BCUT2D eigenvalue weighted by Crippen LogP contribution is 2.36. The molecule has 3 unspecified atom stereocenters. The second-order valence-electron chi connectivity index (χ2n) is 8.84. The molecule has 1 aromatic rings. The summed E-state index contributed by atoms with van der Waals surface area (Å²) in [6.07, 6.45) is 3.94. The molecule has 0 amide bonds. The van der Waals surface area contributed by atoms with Crippen molar-refractivity contribution < 1.29 is 14.2 Å². The molecule has 1 aliphatic heterocycles. The smallest absolute Gasteiger partial charge is 0.184 e. The number of rotatable bonds is 5. The van der Waals surface area contributed by atoms with Gasteiger partial charge in [-0.2, -0.15) is 0 Å². The van der Waals surface area contributed by atoms with Gasteiger partial charge in [0.1, 0.15) is 6.10 Å². The van der Waals surface area contributed by atoms with Gasteiger partial charge in [-0.25, -0.2) is 0 Å². The second kappa shape index (κ2) is 8.41. The van der Waals surface area contributed by atoms with Crippen LogP contribution in [0.2, 0.25) is 0 Å². The molecule has 1 aliphatic carbocycles. The largest absolute Gasteiger partial charge is 0.375 e. The fourth-order valence-corrected chi connectivity index (χ4v) is 4.47. The van der Waals surface area contributed by atoms with Crippen molar-refractivity contribution in [2.24, 2.45) is 17.8 Å². The van der Waals surface area contributed by atoms with Gasteiger partial charge in [0.25, 0.3) is 0 Å². The Bertz CT molecular complexity index is 610. The Morgan fingerprint density at radius 1 is 1.12 bits per heavy atom. The summed E-state index contributed by atoms with van der Waals surface area (Å²) >= 11 is 0. The topological polar surface area (TPSA) is 27.7 Å². The number of hydrogen-bond acceptors (Lipinski definition) is 3. The molecule has 0 spiro atoms. The first kappa shape index (κ1) is 19.9. The minimum atomic E-state index is -0.255. The molecular weight excluding hydrogens is 324 g/mol. The van der Waals surface area contributed by atoms with E-state index >= 15 is 0 Å². The van der Waals surface area contributed by atoms with Crippen molar-refractivity contribution in [1.82, 2.24) is 0 Å². The third-order valence-corrected chi connectivity index (χ3v) is 6.56. The van der Waals surface area contributed by atoms with Crippen molar-refractivity contribution in [1.29, 1.82) is 0 Å². The first-order valence-corrected chi connectivity index (χ1v) is 10.3. The minimum Gasteiger partial charge on any atom is -0.375 e. The zero-order valence-corrected chi connectivity index (χ0v) is 17.4. The Labute approximate surface area is 159 Å². The Morgan fingerprint density at radius 3 is 2.62 bits per heavy atom. The predicted molar refractivity (Wildman–Crippen MR) is 105 cm³/mol. The summed E-state index contributed by atoms with van der Waals surface area (Å²) in [5.41, 5.74) is 5.07. The average Bonchev–Trinajstić information content (AvgIpc) is 3.06. The van der Waals surface area contributed by atoms with E-state index in [-0.39, 0.29) is 12.4 Å². The lowest BCUT2D eigenvalue weighted by molar-refractivity contribution is -0.0995. The molecule has 0 aromatic heterocycles. The van der Waals surface area contributed by atoms with Gasteiger partial charge in [0.05, 0.1) is 19.3 Å². The monoisotopic (exact) mass is 360 g/mol. The highest BCUT2D eigenvalue weighted by Gasteiger charge is 2.34. The van der Waals surface area contributed by atoms with Gasteiger partial charge in [0.2, 0.25) is 0 Å². The molecule has 1 saturated heterocycles.